The Morgan fingerprint density at radius 3 is 2.75 bits per heavy atom. The number of esters is 1. The van der Waals surface area contributed by atoms with Gasteiger partial charge in [0.25, 0.3) is 0 Å². The van der Waals surface area contributed by atoms with Crippen LogP contribution in [-0.2, 0) is 9.53 Å². The van der Waals surface area contributed by atoms with Gasteiger partial charge in [-0.1, -0.05) is 0 Å². The molecule has 0 saturated carbocycles. The summed E-state index contributed by atoms with van der Waals surface area (Å²) in [5.41, 5.74) is -0.112. The second kappa shape index (κ2) is 5.03. The first kappa shape index (κ1) is 11.9. The Morgan fingerprint density at radius 1 is 1.50 bits per heavy atom. The van der Waals surface area contributed by atoms with Gasteiger partial charge in [0.1, 0.15) is 18.3 Å². The van der Waals surface area contributed by atoms with Crippen LogP contribution in [0.5, 0.6) is 0 Å². The average Bonchev–Trinajstić information content (AvgIpc) is 2.29. The molecule has 0 aliphatic rings. The van der Waals surface area contributed by atoms with Gasteiger partial charge in [0.2, 0.25) is 0 Å². The number of carbonyl (C=O) groups is 2. The van der Waals surface area contributed by atoms with Gasteiger partial charge < -0.3 is 4.74 Å². The number of nitriles is 1. The molecule has 0 spiro atoms. The number of hydrogen-bond donors (Lipinski definition) is 0. The molecule has 0 atom stereocenters. The van der Waals surface area contributed by atoms with Gasteiger partial charge in [-0.15, -0.1) is 0 Å². The summed E-state index contributed by atoms with van der Waals surface area (Å²) in [4.78, 5) is 22.3. The Morgan fingerprint density at radius 2 is 2.19 bits per heavy atom. The highest BCUT2D eigenvalue weighted by Gasteiger charge is 2.13. The molecule has 0 fully saturated rings. The molecule has 0 heterocycles. The lowest BCUT2D eigenvalue weighted by Crippen LogP contribution is -2.09. The number of nitrogens with zero attached hydrogens (tertiary/aromatic N) is 1. The maximum Gasteiger partial charge on any atom is 0.313 e. The fourth-order valence-corrected chi connectivity index (χ4v) is 1.09. The fourth-order valence-electron chi connectivity index (χ4n) is 1.09. The quantitative estimate of drug-likeness (QED) is 0.440. The number of ether oxygens (including phenoxy) is 1. The summed E-state index contributed by atoms with van der Waals surface area (Å²) in [6.45, 7) is 0. The van der Waals surface area contributed by atoms with Crippen molar-refractivity contribution in [3.63, 3.8) is 0 Å². The minimum atomic E-state index is -0.697. The molecule has 1 aromatic carbocycles. The zero-order valence-electron chi connectivity index (χ0n) is 8.49. The molecule has 5 heteroatoms. The van der Waals surface area contributed by atoms with Crippen LogP contribution < -0.4 is 0 Å². The van der Waals surface area contributed by atoms with Crippen LogP contribution in [0.4, 0.5) is 4.39 Å². The minimum Gasteiger partial charge on any atom is -0.469 e. The lowest BCUT2D eigenvalue weighted by Gasteiger charge is -2.01. The Hall–Kier alpha value is -2.22. The molecule has 0 aromatic heterocycles. The topological polar surface area (TPSA) is 67.2 Å². The Balaban J connectivity index is 2.93. The van der Waals surface area contributed by atoms with Gasteiger partial charge in [-0.2, -0.15) is 5.26 Å². The summed E-state index contributed by atoms with van der Waals surface area (Å²) in [6.07, 6.45) is -0.424. The first-order valence-electron chi connectivity index (χ1n) is 4.38. The Bertz CT molecular complexity index is 477. The third kappa shape index (κ3) is 2.64. The number of Topliss-reactive ketones (excluding diaryl/α,β-unsaturated/α-hetero) is 1. The number of halogens is 1. The van der Waals surface area contributed by atoms with Crippen LogP contribution in [0, 0.1) is 17.1 Å². The van der Waals surface area contributed by atoms with Crippen molar-refractivity contribution in [3.8, 4) is 6.07 Å². The monoisotopic (exact) mass is 221 g/mol. The van der Waals surface area contributed by atoms with Gasteiger partial charge in [-0.05, 0) is 18.2 Å². The smallest absolute Gasteiger partial charge is 0.313 e. The number of ketones is 1. The number of methoxy groups -OCH3 is 1. The molecule has 0 amide bonds. The largest absolute Gasteiger partial charge is 0.469 e. The maximum absolute atomic E-state index is 12.9. The van der Waals surface area contributed by atoms with Crippen molar-refractivity contribution in [1.82, 2.24) is 0 Å². The highest BCUT2D eigenvalue weighted by molar-refractivity contribution is 6.06. The van der Waals surface area contributed by atoms with E-state index in [9.17, 15) is 14.0 Å². The first-order valence-corrected chi connectivity index (χ1v) is 4.38. The Kier molecular flexibility index (Phi) is 3.72. The van der Waals surface area contributed by atoms with E-state index in [2.05, 4.69) is 4.74 Å². The zero-order chi connectivity index (χ0) is 12.1. The number of carbonyl (C=O) groups excluding carboxylic acids is 2. The molecule has 0 bridgehead atoms. The summed E-state index contributed by atoms with van der Waals surface area (Å²) in [7, 11) is 1.17. The summed E-state index contributed by atoms with van der Waals surface area (Å²) in [6, 6.07) is 4.97. The van der Waals surface area contributed by atoms with Crippen molar-refractivity contribution in [1.29, 1.82) is 5.26 Å². The summed E-state index contributed by atoms with van der Waals surface area (Å²) >= 11 is 0. The Labute approximate surface area is 91.3 Å². The van der Waals surface area contributed by atoms with Crippen molar-refractivity contribution in [2.75, 3.05) is 7.11 Å². The van der Waals surface area contributed by atoms with Gasteiger partial charge in [-0.25, -0.2) is 4.39 Å². The second-order valence-electron chi connectivity index (χ2n) is 2.98. The molecule has 0 aliphatic heterocycles. The van der Waals surface area contributed by atoms with E-state index < -0.39 is 24.0 Å². The molecular weight excluding hydrogens is 213 g/mol. The van der Waals surface area contributed by atoms with Crippen molar-refractivity contribution in [3.05, 3.63) is 35.1 Å². The summed E-state index contributed by atoms with van der Waals surface area (Å²) in [5.74, 6) is -1.88. The van der Waals surface area contributed by atoms with Crippen LogP contribution in [0.2, 0.25) is 0 Å². The molecule has 4 nitrogen and oxygen atoms in total. The van der Waals surface area contributed by atoms with E-state index in [1.54, 1.807) is 6.07 Å². The molecule has 1 aromatic rings. The first-order chi connectivity index (χ1) is 7.58. The van der Waals surface area contributed by atoms with Crippen LogP contribution in [0.15, 0.2) is 18.2 Å². The van der Waals surface area contributed by atoms with Crippen LogP contribution in [-0.4, -0.2) is 18.9 Å². The van der Waals surface area contributed by atoms with E-state index in [1.165, 1.54) is 13.2 Å². The normalized spacial score (nSPS) is 9.31. The standard InChI is InChI=1S/C11H8FNO3/c1-16-11(15)5-10(14)7-2-3-9(12)8(4-7)6-13/h2-4H,5H2,1H3. The molecule has 1 rings (SSSR count). The third-order valence-corrected chi connectivity index (χ3v) is 1.94. The van der Waals surface area contributed by atoms with Gasteiger partial charge in [0.15, 0.2) is 5.78 Å². The van der Waals surface area contributed by atoms with E-state index in [0.29, 0.717) is 0 Å². The molecule has 0 radical (unpaired) electrons. The SMILES string of the molecule is COC(=O)CC(=O)c1ccc(F)c(C#N)c1. The average molecular weight is 221 g/mol. The third-order valence-electron chi connectivity index (χ3n) is 1.94. The molecule has 0 unspecified atom stereocenters. The predicted octanol–water partition coefficient (Wildman–Crippen LogP) is 1.44. The number of hydrogen-bond acceptors (Lipinski definition) is 4. The van der Waals surface area contributed by atoms with E-state index in [0.717, 1.165) is 12.1 Å². The molecule has 16 heavy (non-hydrogen) atoms. The summed E-state index contributed by atoms with van der Waals surface area (Å²) < 4.78 is 17.3. The second-order valence-corrected chi connectivity index (χ2v) is 2.98. The minimum absolute atomic E-state index is 0.114. The van der Waals surface area contributed by atoms with Gasteiger partial charge in [0.05, 0.1) is 12.7 Å². The van der Waals surface area contributed by atoms with Crippen molar-refractivity contribution in [2.24, 2.45) is 0 Å². The summed E-state index contributed by atoms with van der Waals surface area (Å²) in [5, 5.41) is 8.56. The fraction of sp³-hybridized carbons (Fsp3) is 0.182. The van der Waals surface area contributed by atoms with Crippen molar-refractivity contribution in [2.45, 2.75) is 6.42 Å². The van der Waals surface area contributed by atoms with Crippen LogP contribution in [0.25, 0.3) is 0 Å². The lowest BCUT2D eigenvalue weighted by molar-refractivity contribution is -0.139. The van der Waals surface area contributed by atoms with E-state index >= 15 is 0 Å². The highest BCUT2D eigenvalue weighted by Crippen LogP contribution is 2.11. The van der Waals surface area contributed by atoms with Crippen molar-refractivity contribution >= 4 is 11.8 Å². The molecule has 82 valence electrons. The molecular formula is C11H8FNO3. The van der Waals surface area contributed by atoms with Gasteiger partial charge >= 0.3 is 5.97 Å². The number of rotatable bonds is 3. The molecule has 0 saturated heterocycles. The molecule has 0 aliphatic carbocycles. The maximum atomic E-state index is 12.9. The van der Waals surface area contributed by atoms with Crippen LogP contribution >= 0.6 is 0 Å². The van der Waals surface area contributed by atoms with Crippen LogP contribution in [0.1, 0.15) is 22.3 Å². The van der Waals surface area contributed by atoms with Gasteiger partial charge in [0, 0.05) is 5.56 Å². The number of benzene rings is 1. The van der Waals surface area contributed by atoms with E-state index in [4.69, 9.17) is 5.26 Å². The van der Waals surface area contributed by atoms with Crippen molar-refractivity contribution < 1.29 is 18.7 Å². The van der Waals surface area contributed by atoms with E-state index in [-0.39, 0.29) is 11.1 Å². The highest BCUT2D eigenvalue weighted by atomic mass is 19.1. The zero-order valence-corrected chi connectivity index (χ0v) is 8.49. The predicted molar refractivity (Wildman–Crippen MR) is 52.1 cm³/mol. The van der Waals surface area contributed by atoms with Gasteiger partial charge in [-0.3, -0.25) is 9.59 Å². The van der Waals surface area contributed by atoms with Crippen LogP contribution in [0.3, 0.4) is 0 Å². The van der Waals surface area contributed by atoms with E-state index in [1.807, 2.05) is 0 Å². The lowest BCUT2D eigenvalue weighted by atomic mass is 10.1. The molecule has 0 N–H and O–H groups in total.